The zero-order valence-corrected chi connectivity index (χ0v) is 14.6. The van der Waals surface area contributed by atoms with E-state index in [4.69, 9.17) is 9.47 Å². The molecule has 0 unspecified atom stereocenters. The molecule has 3 aromatic rings. The lowest BCUT2D eigenvalue weighted by Gasteiger charge is -2.08. The predicted molar refractivity (Wildman–Crippen MR) is 97.8 cm³/mol. The Morgan fingerprint density at radius 1 is 1.15 bits per heavy atom. The van der Waals surface area contributed by atoms with Gasteiger partial charge in [0.15, 0.2) is 11.5 Å². The number of fused-ring (bicyclic) bond motifs is 1. The number of H-pyrrole nitrogens is 1. The minimum absolute atomic E-state index is 0.0250. The topological polar surface area (TPSA) is 119 Å². The molecular weight excluding hydrogens is 360 g/mol. The lowest BCUT2D eigenvalue weighted by Crippen LogP contribution is -2.26. The summed E-state index contributed by atoms with van der Waals surface area (Å²) in [5.74, 6) is 1.05. The molecule has 0 aliphatic heterocycles. The molecule has 0 saturated heterocycles. The summed E-state index contributed by atoms with van der Waals surface area (Å²) in [5.41, 5.74) is 3.45. The Labute approximate surface area is 150 Å². The number of rotatable bonds is 5. The summed E-state index contributed by atoms with van der Waals surface area (Å²) in [6.45, 7) is 0. The maximum Gasteiger partial charge on any atom is 0.286 e. The van der Waals surface area contributed by atoms with Crippen LogP contribution in [0, 0.1) is 10.1 Å². The van der Waals surface area contributed by atoms with Crippen LogP contribution in [0.15, 0.2) is 46.3 Å². The lowest BCUT2D eigenvalue weighted by atomic mass is 10.3. The Balaban J connectivity index is 1.98. The maximum absolute atomic E-state index is 12.2. The molecule has 0 saturated carbocycles. The molecule has 10 heteroatoms. The van der Waals surface area contributed by atoms with Gasteiger partial charge in [-0.3, -0.25) is 20.3 Å². The Morgan fingerprint density at radius 2 is 1.81 bits per heavy atom. The fraction of sp³-hybridized carbons (Fsp3) is 0.125. The average Bonchev–Trinajstić information content (AvgIpc) is 2.65. The number of aromatic amines is 1. The Morgan fingerprint density at radius 3 is 2.42 bits per heavy atom. The molecular formula is C16H14N4O5S. The van der Waals surface area contributed by atoms with Crippen molar-refractivity contribution < 1.29 is 14.4 Å². The Hall–Kier alpha value is -3.40. The van der Waals surface area contributed by atoms with Crippen LogP contribution < -0.4 is 25.1 Å². The van der Waals surface area contributed by atoms with Crippen molar-refractivity contribution >= 4 is 32.9 Å². The van der Waals surface area contributed by atoms with Gasteiger partial charge in [0.25, 0.3) is 11.2 Å². The predicted octanol–water partition coefficient (Wildman–Crippen LogP) is 2.44. The number of ether oxygens (including phenoxy) is 2. The second-order valence-electron chi connectivity index (χ2n) is 5.09. The normalized spacial score (nSPS) is 11.4. The van der Waals surface area contributed by atoms with Crippen LogP contribution in [0.2, 0.25) is 0 Å². The van der Waals surface area contributed by atoms with Gasteiger partial charge >= 0.3 is 0 Å². The second kappa shape index (κ2) is 7.23. The fourth-order valence-corrected chi connectivity index (χ4v) is 3.04. The Bertz CT molecular complexity index is 1090. The maximum atomic E-state index is 12.2. The first-order valence-corrected chi connectivity index (χ1v) is 8.17. The first-order valence-electron chi connectivity index (χ1n) is 7.35. The molecule has 0 fully saturated rings. The third kappa shape index (κ3) is 3.49. The van der Waals surface area contributed by atoms with Crippen molar-refractivity contribution in [1.82, 2.24) is 4.98 Å². The second-order valence-corrected chi connectivity index (χ2v) is 6.12. The van der Waals surface area contributed by atoms with Gasteiger partial charge in [0.1, 0.15) is 0 Å². The number of hydrogen-bond donors (Lipinski definition) is 2. The summed E-state index contributed by atoms with van der Waals surface area (Å²) in [4.78, 5) is 25.1. The Kier molecular flexibility index (Phi) is 4.85. The summed E-state index contributed by atoms with van der Waals surface area (Å²) in [6, 6.07) is 9.15. The van der Waals surface area contributed by atoms with Gasteiger partial charge < -0.3 is 14.5 Å². The van der Waals surface area contributed by atoms with Gasteiger partial charge in [0.05, 0.1) is 35.0 Å². The number of nitro benzene ring substituents is 1. The van der Waals surface area contributed by atoms with Crippen molar-refractivity contribution in [2.75, 3.05) is 19.6 Å². The van der Waals surface area contributed by atoms with Gasteiger partial charge in [-0.15, -0.1) is 11.3 Å². The molecule has 0 aliphatic carbocycles. The van der Waals surface area contributed by atoms with Gasteiger partial charge in [-0.05, 0) is 12.1 Å². The highest BCUT2D eigenvalue weighted by molar-refractivity contribution is 7.16. The van der Waals surface area contributed by atoms with Crippen LogP contribution in [0.4, 0.5) is 11.4 Å². The molecule has 0 amide bonds. The van der Waals surface area contributed by atoms with Gasteiger partial charge in [-0.2, -0.15) is 5.10 Å². The van der Waals surface area contributed by atoms with Crippen molar-refractivity contribution in [3.8, 4) is 11.5 Å². The lowest BCUT2D eigenvalue weighted by molar-refractivity contribution is -0.384. The van der Waals surface area contributed by atoms with E-state index in [0.29, 0.717) is 22.7 Å². The third-order valence-corrected chi connectivity index (χ3v) is 4.53. The van der Waals surface area contributed by atoms with Crippen LogP contribution in [-0.4, -0.2) is 24.1 Å². The van der Waals surface area contributed by atoms with Crippen LogP contribution in [0.1, 0.15) is 0 Å². The van der Waals surface area contributed by atoms with E-state index < -0.39 is 4.92 Å². The number of hydrogen-bond acceptors (Lipinski definition) is 8. The van der Waals surface area contributed by atoms with E-state index in [2.05, 4.69) is 15.5 Å². The molecule has 0 aliphatic rings. The number of non-ortho nitro benzene ring substituents is 1. The molecule has 1 aromatic heterocycles. The van der Waals surface area contributed by atoms with E-state index >= 15 is 0 Å². The first-order chi connectivity index (χ1) is 12.5. The highest BCUT2D eigenvalue weighted by Crippen LogP contribution is 2.31. The molecule has 134 valence electrons. The largest absolute Gasteiger partial charge is 0.493 e. The summed E-state index contributed by atoms with van der Waals surface area (Å²) in [5, 5.41) is 14.7. The molecule has 2 N–H and O–H groups in total. The monoisotopic (exact) mass is 374 g/mol. The minimum atomic E-state index is -0.487. The minimum Gasteiger partial charge on any atom is -0.493 e. The van der Waals surface area contributed by atoms with Crippen LogP contribution in [0.3, 0.4) is 0 Å². The highest BCUT2D eigenvalue weighted by atomic mass is 32.1. The molecule has 26 heavy (non-hydrogen) atoms. The van der Waals surface area contributed by atoms with Gasteiger partial charge in [0.2, 0.25) is 4.67 Å². The van der Waals surface area contributed by atoms with E-state index in [-0.39, 0.29) is 15.9 Å². The van der Waals surface area contributed by atoms with E-state index in [1.807, 2.05) is 0 Å². The van der Waals surface area contributed by atoms with E-state index in [1.54, 1.807) is 12.1 Å². The number of aromatic nitrogens is 1. The fourth-order valence-electron chi connectivity index (χ4n) is 2.22. The molecule has 3 rings (SSSR count). The number of methoxy groups -OCH3 is 2. The van der Waals surface area contributed by atoms with Gasteiger partial charge in [0, 0.05) is 24.3 Å². The summed E-state index contributed by atoms with van der Waals surface area (Å²) >= 11 is 1.17. The smallest absolute Gasteiger partial charge is 0.286 e. The average molecular weight is 374 g/mol. The number of nitrogens with zero attached hydrogens (tertiary/aromatic N) is 2. The number of anilines is 1. The zero-order valence-electron chi connectivity index (χ0n) is 13.8. The molecule has 1 heterocycles. The SMILES string of the molecule is COc1cc2[nH]c(=O)c(=NNc3ccc([N+](=O)[O-])cc3)sc2cc1OC. The number of nitrogens with one attached hydrogen (secondary N) is 2. The number of benzene rings is 2. The van der Waals surface area contributed by atoms with E-state index in [0.717, 1.165) is 4.70 Å². The summed E-state index contributed by atoms with van der Waals surface area (Å²) < 4.78 is 11.4. The van der Waals surface area contributed by atoms with E-state index in [9.17, 15) is 14.9 Å². The molecule has 2 aromatic carbocycles. The van der Waals surface area contributed by atoms with Crippen LogP contribution in [-0.2, 0) is 0 Å². The standard InChI is InChI=1S/C16H14N4O5S/c1-24-12-7-11-14(8-13(12)25-2)26-16(15(21)17-11)19-18-9-3-5-10(6-4-9)20(22)23/h3-8,18H,1-2H3,(H,17,21). The zero-order chi connectivity index (χ0) is 18.7. The summed E-state index contributed by atoms with van der Waals surface area (Å²) in [7, 11) is 3.05. The third-order valence-electron chi connectivity index (χ3n) is 3.50. The van der Waals surface area contributed by atoms with Crippen molar-refractivity contribution in [2.24, 2.45) is 5.10 Å². The van der Waals surface area contributed by atoms with Gasteiger partial charge in [-0.1, -0.05) is 0 Å². The van der Waals surface area contributed by atoms with Crippen LogP contribution in [0.25, 0.3) is 10.2 Å². The van der Waals surface area contributed by atoms with Crippen LogP contribution in [0.5, 0.6) is 11.5 Å². The van der Waals surface area contributed by atoms with Crippen molar-refractivity contribution in [1.29, 1.82) is 0 Å². The van der Waals surface area contributed by atoms with E-state index in [1.165, 1.54) is 49.8 Å². The molecule has 0 radical (unpaired) electrons. The van der Waals surface area contributed by atoms with Crippen molar-refractivity contribution in [3.05, 3.63) is 61.5 Å². The van der Waals surface area contributed by atoms with Crippen molar-refractivity contribution in [2.45, 2.75) is 0 Å². The van der Waals surface area contributed by atoms with Crippen molar-refractivity contribution in [3.63, 3.8) is 0 Å². The molecule has 0 spiro atoms. The molecule has 9 nitrogen and oxygen atoms in total. The quantitative estimate of drug-likeness (QED) is 0.523. The highest BCUT2D eigenvalue weighted by Gasteiger charge is 2.08. The molecule has 0 atom stereocenters. The summed E-state index contributed by atoms with van der Waals surface area (Å²) in [6.07, 6.45) is 0. The molecule has 0 bridgehead atoms. The van der Waals surface area contributed by atoms with Crippen LogP contribution >= 0.6 is 11.3 Å². The first kappa shape index (κ1) is 17.4. The number of nitro groups is 1. The van der Waals surface area contributed by atoms with Gasteiger partial charge in [-0.25, -0.2) is 0 Å².